The molecular formula is C7H9ClO3. The predicted molar refractivity (Wildman–Crippen MR) is 40.1 cm³/mol. The number of hydrogen-bond donors (Lipinski definition) is 0. The van der Waals surface area contributed by atoms with Gasteiger partial charge in [0.25, 0.3) is 0 Å². The van der Waals surface area contributed by atoms with Crippen molar-refractivity contribution < 1.29 is 14.3 Å². The smallest absolute Gasteiger partial charge is 0.375 e. The minimum absolute atomic E-state index is 0.257. The lowest BCUT2D eigenvalue weighted by atomic mass is 10.3. The van der Waals surface area contributed by atoms with Crippen LogP contribution in [0, 0.1) is 0 Å². The molecule has 0 aromatic carbocycles. The van der Waals surface area contributed by atoms with Gasteiger partial charge in [0.2, 0.25) is 11.3 Å². The summed E-state index contributed by atoms with van der Waals surface area (Å²) in [6, 6.07) is 0. The first-order valence-corrected chi connectivity index (χ1v) is 3.79. The summed E-state index contributed by atoms with van der Waals surface area (Å²) in [6.07, 6.45) is 0. The van der Waals surface area contributed by atoms with E-state index in [0.717, 1.165) is 0 Å². The third-order valence-corrected chi connectivity index (χ3v) is 1.80. The van der Waals surface area contributed by atoms with Crippen LogP contribution in [0.5, 0.6) is 0 Å². The molecule has 0 radical (unpaired) electrons. The SMILES string of the molecule is CCOC1=C(C)C(Cl)OC1=O. The van der Waals surface area contributed by atoms with E-state index in [2.05, 4.69) is 4.74 Å². The van der Waals surface area contributed by atoms with Gasteiger partial charge in [-0.15, -0.1) is 0 Å². The van der Waals surface area contributed by atoms with E-state index in [9.17, 15) is 4.79 Å². The standard InChI is InChI=1S/C7H9ClO3/c1-3-10-5-4(2)6(8)11-7(5)9/h6H,3H2,1-2H3. The van der Waals surface area contributed by atoms with Gasteiger partial charge in [-0.05, 0) is 13.8 Å². The molecule has 0 saturated carbocycles. The van der Waals surface area contributed by atoms with E-state index in [0.29, 0.717) is 12.2 Å². The highest BCUT2D eigenvalue weighted by Gasteiger charge is 2.30. The van der Waals surface area contributed by atoms with Crippen LogP contribution in [-0.4, -0.2) is 18.1 Å². The number of alkyl halides is 1. The van der Waals surface area contributed by atoms with E-state index < -0.39 is 11.5 Å². The normalized spacial score (nSPS) is 23.9. The molecule has 4 heteroatoms. The van der Waals surface area contributed by atoms with Crippen molar-refractivity contribution >= 4 is 17.6 Å². The van der Waals surface area contributed by atoms with Gasteiger partial charge in [-0.1, -0.05) is 11.6 Å². The molecule has 0 fully saturated rings. The fraction of sp³-hybridized carbons (Fsp3) is 0.571. The highest BCUT2D eigenvalue weighted by atomic mass is 35.5. The van der Waals surface area contributed by atoms with Crippen LogP contribution in [0.4, 0.5) is 0 Å². The van der Waals surface area contributed by atoms with Crippen LogP contribution in [0.1, 0.15) is 13.8 Å². The molecule has 1 atom stereocenters. The molecule has 0 saturated heterocycles. The molecule has 3 nitrogen and oxygen atoms in total. The molecule has 0 N–H and O–H groups in total. The fourth-order valence-corrected chi connectivity index (χ4v) is 0.997. The number of carbonyl (C=O) groups is 1. The molecule has 0 amide bonds. The fourth-order valence-electron chi connectivity index (χ4n) is 0.817. The molecule has 1 rings (SSSR count). The largest absolute Gasteiger partial charge is 0.487 e. The first-order chi connectivity index (χ1) is 5.16. The number of hydrogen-bond acceptors (Lipinski definition) is 3. The molecular weight excluding hydrogens is 168 g/mol. The molecule has 0 spiro atoms. The lowest BCUT2D eigenvalue weighted by Gasteiger charge is -1.99. The zero-order valence-corrected chi connectivity index (χ0v) is 7.14. The second kappa shape index (κ2) is 3.13. The predicted octanol–water partition coefficient (Wildman–Crippen LogP) is 1.42. The van der Waals surface area contributed by atoms with Gasteiger partial charge in [0, 0.05) is 5.57 Å². The first kappa shape index (κ1) is 8.40. The quantitative estimate of drug-likeness (QED) is 0.472. The summed E-state index contributed by atoms with van der Waals surface area (Å²) in [5, 5.41) is 0. The second-order valence-electron chi connectivity index (χ2n) is 2.17. The Morgan fingerprint density at radius 1 is 1.73 bits per heavy atom. The van der Waals surface area contributed by atoms with Crippen molar-refractivity contribution in [2.24, 2.45) is 0 Å². The molecule has 0 aromatic heterocycles. The lowest BCUT2D eigenvalue weighted by Crippen LogP contribution is -2.04. The monoisotopic (exact) mass is 176 g/mol. The van der Waals surface area contributed by atoms with E-state index in [1.807, 2.05) is 0 Å². The summed E-state index contributed by atoms with van der Waals surface area (Å²) in [6.45, 7) is 3.97. The Hall–Kier alpha value is -0.700. The van der Waals surface area contributed by atoms with Crippen molar-refractivity contribution in [1.82, 2.24) is 0 Å². The number of cyclic esters (lactones) is 1. The van der Waals surface area contributed by atoms with Crippen molar-refractivity contribution in [3.8, 4) is 0 Å². The summed E-state index contributed by atoms with van der Waals surface area (Å²) in [5.41, 5.74) is 0.00238. The van der Waals surface area contributed by atoms with Gasteiger partial charge < -0.3 is 9.47 Å². The average molecular weight is 177 g/mol. The van der Waals surface area contributed by atoms with Crippen LogP contribution in [0.25, 0.3) is 0 Å². The Morgan fingerprint density at radius 3 is 2.73 bits per heavy atom. The molecule has 1 heterocycles. The second-order valence-corrected chi connectivity index (χ2v) is 2.56. The van der Waals surface area contributed by atoms with Crippen molar-refractivity contribution in [2.75, 3.05) is 6.61 Å². The molecule has 1 aliphatic heterocycles. The molecule has 0 bridgehead atoms. The van der Waals surface area contributed by atoms with Crippen molar-refractivity contribution in [3.63, 3.8) is 0 Å². The number of ether oxygens (including phenoxy) is 2. The van der Waals surface area contributed by atoms with E-state index in [1.165, 1.54) is 0 Å². The van der Waals surface area contributed by atoms with Gasteiger partial charge in [0.1, 0.15) is 0 Å². The van der Waals surface area contributed by atoms with Gasteiger partial charge in [0.15, 0.2) is 0 Å². The molecule has 0 aromatic rings. The van der Waals surface area contributed by atoms with Gasteiger partial charge in [-0.2, -0.15) is 0 Å². The Balaban J connectivity index is 2.79. The summed E-state index contributed by atoms with van der Waals surface area (Å²) in [5.74, 6) is -0.211. The Kier molecular flexibility index (Phi) is 2.39. The van der Waals surface area contributed by atoms with Crippen LogP contribution >= 0.6 is 11.6 Å². The van der Waals surface area contributed by atoms with Gasteiger partial charge in [-0.3, -0.25) is 0 Å². The van der Waals surface area contributed by atoms with Crippen molar-refractivity contribution in [3.05, 3.63) is 11.3 Å². The highest BCUT2D eigenvalue weighted by molar-refractivity contribution is 6.23. The van der Waals surface area contributed by atoms with Crippen LogP contribution in [-0.2, 0) is 14.3 Å². The van der Waals surface area contributed by atoms with E-state index in [-0.39, 0.29) is 5.76 Å². The third kappa shape index (κ3) is 1.48. The van der Waals surface area contributed by atoms with Crippen LogP contribution in [0.3, 0.4) is 0 Å². The highest BCUT2D eigenvalue weighted by Crippen LogP contribution is 2.25. The van der Waals surface area contributed by atoms with Crippen molar-refractivity contribution in [2.45, 2.75) is 19.4 Å². The Labute approximate surface area is 69.9 Å². The molecule has 1 unspecified atom stereocenters. The van der Waals surface area contributed by atoms with Crippen LogP contribution < -0.4 is 0 Å². The molecule has 0 aliphatic carbocycles. The van der Waals surface area contributed by atoms with Crippen molar-refractivity contribution in [1.29, 1.82) is 0 Å². The van der Waals surface area contributed by atoms with Crippen LogP contribution in [0.2, 0.25) is 0 Å². The Morgan fingerprint density at radius 2 is 2.36 bits per heavy atom. The zero-order chi connectivity index (χ0) is 8.43. The van der Waals surface area contributed by atoms with Crippen LogP contribution in [0.15, 0.2) is 11.3 Å². The molecule has 62 valence electrons. The first-order valence-electron chi connectivity index (χ1n) is 3.35. The summed E-state index contributed by atoms with van der Waals surface area (Å²) >= 11 is 5.61. The molecule has 1 aliphatic rings. The minimum atomic E-state index is -0.649. The Bertz CT molecular complexity index is 210. The van der Waals surface area contributed by atoms with Gasteiger partial charge >= 0.3 is 5.97 Å². The zero-order valence-electron chi connectivity index (χ0n) is 6.39. The summed E-state index contributed by atoms with van der Waals surface area (Å²) < 4.78 is 9.68. The number of carbonyl (C=O) groups excluding carboxylic acids is 1. The lowest BCUT2D eigenvalue weighted by molar-refractivity contribution is -0.140. The van der Waals surface area contributed by atoms with Gasteiger partial charge in [0.05, 0.1) is 6.61 Å². The maximum atomic E-state index is 10.9. The topological polar surface area (TPSA) is 35.5 Å². The average Bonchev–Trinajstić information content (AvgIpc) is 2.17. The van der Waals surface area contributed by atoms with E-state index >= 15 is 0 Å². The summed E-state index contributed by atoms with van der Waals surface area (Å²) in [7, 11) is 0. The number of rotatable bonds is 2. The van der Waals surface area contributed by atoms with E-state index in [4.69, 9.17) is 16.3 Å². The van der Waals surface area contributed by atoms with E-state index in [1.54, 1.807) is 13.8 Å². The maximum absolute atomic E-state index is 10.9. The molecule has 11 heavy (non-hydrogen) atoms. The van der Waals surface area contributed by atoms with Gasteiger partial charge in [-0.25, -0.2) is 4.79 Å². The minimum Gasteiger partial charge on any atom is -0.487 e. The third-order valence-electron chi connectivity index (χ3n) is 1.38. The number of esters is 1. The summed E-state index contributed by atoms with van der Waals surface area (Å²) in [4.78, 5) is 10.9. The number of halogens is 1. The maximum Gasteiger partial charge on any atom is 0.375 e.